The summed E-state index contributed by atoms with van der Waals surface area (Å²) in [4.78, 5) is 0. The Morgan fingerprint density at radius 3 is 0.688 bits per heavy atom. The Morgan fingerprint density at radius 2 is 0.531 bits per heavy atom. The van der Waals surface area contributed by atoms with Gasteiger partial charge in [0.1, 0.15) is 20.4 Å². The standard InChI is InChI=1S/C28H28B.C2H6O/c1-21-5-13-25(14-6-21)29(26-15-7-22(2)8-16-26,27-17-9-23(3)10-18-27)28-19-11-24(4)12-20-28;1-3-2/h5-20H,1-4H3;1-2H3/q-1;/p+1. The van der Waals surface area contributed by atoms with Gasteiger partial charge in [-0.05, 0) is 27.7 Å². The second kappa shape index (κ2) is 10.5. The maximum Gasteiger partial charge on any atom is 0.134 e. The minimum atomic E-state index is -1.27. The summed E-state index contributed by atoms with van der Waals surface area (Å²) in [7, 11) is 3.50. The minimum Gasteiger partial charge on any atom is -0.438 e. The van der Waals surface area contributed by atoms with Crippen LogP contribution in [0, 0.1) is 27.7 Å². The van der Waals surface area contributed by atoms with Crippen molar-refractivity contribution in [1.82, 2.24) is 0 Å². The van der Waals surface area contributed by atoms with Crippen molar-refractivity contribution >= 4 is 28.0 Å². The first-order valence-corrected chi connectivity index (χ1v) is 11.3. The lowest BCUT2D eigenvalue weighted by molar-refractivity contribution is 0.0768. The molecule has 4 rings (SSSR count). The summed E-state index contributed by atoms with van der Waals surface area (Å²) in [6.07, 6.45) is -1.27. The van der Waals surface area contributed by atoms with Crippen LogP contribution in [-0.4, -0.2) is 25.1 Å². The van der Waals surface area contributed by atoms with E-state index in [0.717, 1.165) is 0 Å². The number of rotatable bonds is 4. The lowest BCUT2D eigenvalue weighted by Gasteiger charge is -2.44. The van der Waals surface area contributed by atoms with E-state index in [1.54, 1.807) is 14.2 Å². The molecule has 1 nitrogen and oxygen atoms in total. The molecule has 0 radical (unpaired) electrons. The van der Waals surface area contributed by atoms with E-state index >= 15 is 0 Å². The van der Waals surface area contributed by atoms with Gasteiger partial charge in [-0.15, -0.1) is 0 Å². The van der Waals surface area contributed by atoms with Crippen LogP contribution in [-0.2, 0) is 0 Å². The van der Waals surface area contributed by atoms with Crippen LogP contribution in [0.3, 0.4) is 0 Å². The molecule has 0 spiro atoms. The van der Waals surface area contributed by atoms with Crippen molar-refractivity contribution in [3.05, 3.63) is 119 Å². The van der Waals surface area contributed by atoms with Gasteiger partial charge < -0.3 is 4.74 Å². The monoisotopic (exact) mass is 422 g/mol. The molecule has 0 saturated carbocycles. The van der Waals surface area contributed by atoms with E-state index in [-0.39, 0.29) is 0 Å². The number of aliphatic hydroxyl groups is 2. The Hall–Kier alpha value is -3.10. The summed E-state index contributed by atoms with van der Waals surface area (Å²) < 4.78 is 3.50. The SMILES string of the molecule is C[OH+]C.Cc1ccc([B-](c2ccc(C)cc2)(c2ccc(C)cc2)c2ccc(C)cc2)cc1. The van der Waals surface area contributed by atoms with E-state index in [0.29, 0.717) is 0 Å². The first kappa shape index (κ1) is 23.6. The average Bonchev–Trinajstić information content (AvgIpc) is 2.79. The molecule has 0 bridgehead atoms. The van der Waals surface area contributed by atoms with Crippen LogP contribution in [0.2, 0.25) is 0 Å². The second-order valence-electron chi connectivity index (χ2n) is 8.96. The van der Waals surface area contributed by atoms with Crippen molar-refractivity contribution < 1.29 is 4.74 Å². The van der Waals surface area contributed by atoms with Crippen molar-refractivity contribution in [2.45, 2.75) is 27.7 Å². The largest absolute Gasteiger partial charge is 0.438 e. The molecule has 32 heavy (non-hydrogen) atoms. The quantitative estimate of drug-likeness (QED) is 0.348. The molecule has 4 aromatic rings. The van der Waals surface area contributed by atoms with Crippen LogP contribution in [0.25, 0.3) is 0 Å². The third-order valence-corrected chi connectivity index (χ3v) is 6.31. The molecule has 0 atom stereocenters. The van der Waals surface area contributed by atoms with E-state index in [1.165, 1.54) is 44.1 Å². The van der Waals surface area contributed by atoms with Crippen molar-refractivity contribution in [3.63, 3.8) is 0 Å². The van der Waals surface area contributed by atoms with Crippen molar-refractivity contribution in [1.29, 1.82) is 0 Å². The first-order valence-electron chi connectivity index (χ1n) is 11.3. The van der Waals surface area contributed by atoms with Crippen molar-refractivity contribution in [2.24, 2.45) is 0 Å². The number of hydrogen-bond donors (Lipinski definition) is 0. The zero-order valence-electron chi connectivity index (χ0n) is 20.3. The minimum absolute atomic E-state index is 1.27. The molecule has 0 aliphatic carbocycles. The molecule has 164 valence electrons. The summed E-state index contributed by atoms with van der Waals surface area (Å²) in [5.41, 5.74) is 10.6. The van der Waals surface area contributed by atoms with Crippen LogP contribution in [0.1, 0.15) is 22.3 Å². The molecule has 0 aliphatic rings. The zero-order chi connectivity index (χ0) is 23.1. The Kier molecular flexibility index (Phi) is 7.72. The average molecular weight is 422 g/mol. The summed E-state index contributed by atoms with van der Waals surface area (Å²) in [6, 6.07) is 36.4. The van der Waals surface area contributed by atoms with Crippen molar-refractivity contribution in [3.8, 4) is 0 Å². The molecule has 2 heteroatoms. The molecule has 0 aliphatic heterocycles. The third-order valence-electron chi connectivity index (χ3n) is 6.31. The summed E-state index contributed by atoms with van der Waals surface area (Å²) in [5.74, 6) is 0. The highest BCUT2D eigenvalue weighted by atomic mass is 16.4. The van der Waals surface area contributed by atoms with Gasteiger partial charge in [0.2, 0.25) is 0 Å². The molecule has 1 N–H and O–H groups in total. The predicted molar refractivity (Wildman–Crippen MR) is 143 cm³/mol. The molecule has 0 unspecified atom stereocenters. The number of benzene rings is 4. The number of ether oxygens (including phenoxy) is 1. The van der Waals surface area contributed by atoms with Crippen LogP contribution in [0.4, 0.5) is 0 Å². The lowest BCUT2D eigenvalue weighted by Crippen LogP contribution is -2.74. The number of aryl methyl sites for hydroxylation is 4. The van der Waals surface area contributed by atoms with Crippen LogP contribution in [0.15, 0.2) is 97.1 Å². The number of hydrogen-bond acceptors (Lipinski definition) is 0. The highest BCUT2D eigenvalue weighted by Crippen LogP contribution is 2.12. The Balaban J connectivity index is 0.000000913. The van der Waals surface area contributed by atoms with E-state index < -0.39 is 6.15 Å². The van der Waals surface area contributed by atoms with Gasteiger partial charge in [-0.1, -0.05) is 119 Å². The van der Waals surface area contributed by atoms with E-state index in [9.17, 15) is 0 Å². The van der Waals surface area contributed by atoms with Crippen LogP contribution >= 0.6 is 0 Å². The van der Waals surface area contributed by atoms with E-state index in [2.05, 4.69) is 129 Å². The van der Waals surface area contributed by atoms with Gasteiger partial charge in [-0.2, -0.15) is 21.9 Å². The third kappa shape index (κ3) is 4.87. The topological polar surface area (TPSA) is 12.8 Å². The van der Waals surface area contributed by atoms with E-state index in [1.807, 2.05) is 0 Å². The zero-order valence-corrected chi connectivity index (χ0v) is 20.3. The van der Waals surface area contributed by atoms with Gasteiger partial charge in [0.05, 0.1) is 0 Å². The normalized spacial score (nSPS) is 10.9. The van der Waals surface area contributed by atoms with Gasteiger partial charge in [0.25, 0.3) is 0 Å². The maximum absolute atomic E-state index is 3.50. The smallest absolute Gasteiger partial charge is 0.134 e. The maximum atomic E-state index is 3.50. The van der Waals surface area contributed by atoms with Crippen LogP contribution < -0.4 is 21.9 Å². The molecule has 0 aromatic heterocycles. The fourth-order valence-corrected chi connectivity index (χ4v) is 4.58. The molecular weight excluding hydrogens is 387 g/mol. The Morgan fingerprint density at radius 1 is 0.375 bits per heavy atom. The Bertz CT molecular complexity index is 922. The van der Waals surface area contributed by atoms with Gasteiger partial charge in [-0.25, -0.2) is 0 Å². The molecule has 4 aromatic carbocycles. The van der Waals surface area contributed by atoms with E-state index in [4.69, 9.17) is 0 Å². The van der Waals surface area contributed by atoms with Gasteiger partial charge in [0.15, 0.2) is 0 Å². The molecule has 0 saturated heterocycles. The molecule has 0 amide bonds. The first-order chi connectivity index (χ1) is 15.4. The Labute approximate surface area is 194 Å². The molecule has 0 fully saturated rings. The summed E-state index contributed by atoms with van der Waals surface area (Å²) in [5, 5.41) is 0. The predicted octanol–water partition coefficient (Wildman–Crippen LogP) is 4.07. The highest BCUT2D eigenvalue weighted by Gasteiger charge is 2.31. The summed E-state index contributed by atoms with van der Waals surface area (Å²) in [6.45, 7) is 8.62. The second-order valence-corrected chi connectivity index (χ2v) is 8.96. The van der Waals surface area contributed by atoms with Gasteiger partial charge >= 0.3 is 0 Å². The van der Waals surface area contributed by atoms with Gasteiger partial charge in [-0.3, -0.25) is 0 Å². The fourth-order valence-electron chi connectivity index (χ4n) is 4.58. The van der Waals surface area contributed by atoms with Gasteiger partial charge in [0, 0.05) is 0 Å². The summed E-state index contributed by atoms with van der Waals surface area (Å²) >= 11 is 0. The van der Waals surface area contributed by atoms with Crippen molar-refractivity contribution in [2.75, 3.05) is 14.2 Å². The fraction of sp³-hybridized carbons (Fsp3) is 0.200. The molecule has 0 heterocycles. The van der Waals surface area contributed by atoms with Crippen LogP contribution in [0.5, 0.6) is 0 Å². The molecular formula is C30H35BO. The lowest BCUT2D eigenvalue weighted by atomic mass is 9.13. The highest BCUT2D eigenvalue weighted by molar-refractivity contribution is 7.19.